The number of rotatable bonds is 8. The maximum absolute atomic E-state index is 4.38. The molecule has 0 aliphatic rings. The van der Waals surface area contributed by atoms with Gasteiger partial charge in [-0.15, -0.1) is 0 Å². The molecule has 0 aromatic carbocycles. The van der Waals surface area contributed by atoms with E-state index in [1.807, 2.05) is 19.2 Å². The molecule has 0 atom stereocenters. The first-order valence-corrected chi connectivity index (χ1v) is 7.07. The summed E-state index contributed by atoms with van der Waals surface area (Å²) in [7, 11) is 0. The molecule has 108 valence electrons. The molecule has 0 fully saturated rings. The number of unbranched alkanes of at least 4 members (excludes halogenated alkanes) is 2. The van der Waals surface area contributed by atoms with Crippen molar-refractivity contribution in [1.29, 1.82) is 0 Å². The first kappa shape index (κ1) is 14.2. The topological polar surface area (TPSA) is 80.5 Å². The number of hydrogen-bond donors (Lipinski definition) is 2. The van der Waals surface area contributed by atoms with Gasteiger partial charge in [0, 0.05) is 25.5 Å². The number of aromatic nitrogens is 5. The second kappa shape index (κ2) is 7.42. The zero-order chi connectivity index (χ0) is 14.2. The minimum Gasteiger partial charge on any atom is -0.354 e. The van der Waals surface area contributed by atoms with Crippen LogP contribution >= 0.6 is 0 Å². The quantitative estimate of drug-likeness (QED) is 0.718. The van der Waals surface area contributed by atoms with Crippen LogP contribution in [0.2, 0.25) is 0 Å². The highest BCUT2D eigenvalue weighted by Gasteiger charge is 2.07. The summed E-state index contributed by atoms with van der Waals surface area (Å²) in [6.07, 6.45) is 7.01. The summed E-state index contributed by atoms with van der Waals surface area (Å²) < 4.78 is 1.62. The Hall–Kier alpha value is -2.18. The van der Waals surface area contributed by atoms with Crippen LogP contribution in [-0.4, -0.2) is 37.8 Å². The van der Waals surface area contributed by atoms with Crippen molar-refractivity contribution in [2.45, 2.75) is 33.1 Å². The number of nitrogens with one attached hydrogen (secondary N) is 2. The molecule has 0 saturated carbocycles. The maximum Gasteiger partial charge on any atom is 0.257 e. The fourth-order valence-electron chi connectivity index (χ4n) is 1.75. The van der Waals surface area contributed by atoms with Crippen molar-refractivity contribution in [3.8, 4) is 5.95 Å². The normalized spacial score (nSPS) is 10.5. The molecule has 0 amide bonds. The van der Waals surface area contributed by atoms with Crippen LogP contribution in [0.5, 0.6) is 0 Å². The van der Waals surface area contributed by atoms with E-state index in [0.717, 1.165) is 19.5 Å². The van der Waals surface area contributed by atoms with Crippen LogP contribution in [0.1, 0.15) is 33.1 Å². The van der Waals surface area contributed by atoms with Gasteiger partial charge < -0.3 is 10.6 Å². The van der Waals surface area contributed by atoms with Crippen LogP contribution in [0.15, 0.2) is 18.5 Å². The third kappa shape index (κ3) is 3.91. The van der Waals surface area contributed by atoms with Gasteiger partial charge in [0.15, 0.2) is 0 Å². The lowest BCUT2D eigenvalue weighted by molar-refractivity contribution is 0.736. The van der Waals surface area contributed by atoms with Crippen LogP contribution in [-0.2, 0) is 0 Å². The molecule has 2 rings (SSSR count). The molecule has 2 aromatic rings. The van der Waals surface area contributed by atoms with E-state index in [4.69, 9.17) is 0 Å². The molecule has 0 unspecified atom stereocenters. The summed E-state index contributed by atoms with van der Waals surface area (Å²) in [4.78, 5) is 13.1. The Morgan fingerprint density at radius 2 is 1.85 bits per heavy atom. The van der Waals surface area contributed by atoms with Crippen molar-refractivity contribution in [1.82, 2.24) is 24.7 Å². The minimum absolute atomic E-state index is 0.513. The van der Waals surface area contributed by atoms with Gasteiger partial charge in [0.05, 0.1) is 0 Å². The molecule has 0 spiro atoms. The fraction of sp³-hybridized carbons (Fsp3) is 0.538. The first-order valence-electron chi connectivity index (χ1n) is 7.07. The molecule has 0 aliphatic carbocycles. The van der Waals surface area contributed by atoms with E-state index in [9.17, 15) is 0 Å². The summed E-state index contributed by atoms with van der Waals surface area (Å²) >= 11 is 0. The second-order valence-corrected chi connectivity index (χ2v) is 4.40. The summed E-state index contributed by atoms with van der Waals surface area (Å²) in [5.41, 5.74) is 0. The van der Waals surface area contributed by atoms with Crippen LogP contribution in [0.25, 0.3) is 5.95 Å². The molecular formula is C13H21N7. The molecule has 0 bridgehead atoms. The molecule has 0 aliphatic heterocycles. The lowest BCUT2D eigenvalue weighted by Crippen LogP contribution is -2.13. The molecule has 0 radical (unpaired) electrons. The highest BCUT2D eigenvalue weighted by molar-refractivity contribution is 5.37. The molecule has 20 heavy (non-hydrogen) atoms. The third-order valence-electron chi connectivity index (χ3n) is 2.73. The van der Waals surface area contributed by atoms with Crippen molar-refractivity contribution in [2.24, 2.45) is 0 Å². The molecular weight excluding hydrogens is 254 g/mol. The fourth-order valence-corrected chi connectivity index (χ4v) is 1.75. The zero-order valence-corrected chi connectivity index (χ0v) is 12.0. The van der Waals surface area contributed by atoms with Crippen molar-refractivity contribution in [2.75, 3.05) is 23.7 Å². The van der Waals surface area contributed by atoms with Gasteiger partial charge in [-0.25, -0.2) is 4.68 Å². The Balaban J connectivity index is 2.13. The first-order chi connectivity index (χ1) is 9.83. The van der Waals surface area contributed by atoms with E-state index in [0.29, 0.717) is 17.8 Å². The molecule has 7 nitrogen and oxygen atoms in total. The van der Waals surface area contributed by atoms with Crippen LogP contribution < -0.4 is 10.6 Å². The standard InChI is InChI=1S/C13H21N7/c1-3-5-6-8-15-12-17-11(14-4-2)18-13(19-12)20-10-7-9-16-20/h7,9-10H,3-6,8H2,1-2H3,(H2,14,15,17,18,19). The lowest BCUT2D eigenvalue weighted by atomic mass is 10.2. The molecule has 7 heteroatoms. The Morgan fingerprint density at radius 1 is 1.05 bits per heavy atom. The van der Waals surface area contributed by atoms with E-state index in [-0.39, 0.29) is 0 Å². The largest absolute Gasteiger partial charge is 0.354 e. The summed E-state index contributed by atoms with van der Waals surface area (Å²) in [5, 5.41) is 10.5. The summed E-state index contributed by atoms with van der Waals surface area (Å²) in [6, 6.07) is 1.84. The predicted octanol–water partition coefficient (Wildman–Crippen LogP) is 2.09. The van der Waals surface area contributed by atoms with Crippen molar-refractivity contribution in [3.05, 3.63) is 18.5 Å². The highest BCUT2D eigenvalue weighted by Crippen LogP contribution is 2.09. The molecule has 0 saturated heterocycles. The Kier molecular flexibility index (Phi) is 5.28. The monoisotopic (exact) mass is 275 g/mol. The van der Waals surface area contributed by atoms with Crippen LogP contribution in [0.4, 0.5) is 11.9 Å². The molecule has 2 aromatic heterocycles. The lowest BCUT2D eigenvalue weighted by Gasteiger charge is -2.09. The van der Waals surface area contributed by atoms with Gasteiger partial charge >= 0.3 is 0 Å². The van der Waals surface area contributed by atoms with Crippen molar-refractivity contribution >= 4 is 11.9 Å². The van der Waals surface area contributed by atoms with E-state index < -0.39 is 0 Å². The van der Waals surface area contributed by atoms with Gasteiger partial charge in [0.2, 0.25) is 11.9 Å². The minimum atomic E-state index is 0.513. The zero-order valence-electron chi connectivity index (χ0n) is 12.0. The maximum atomic E-state index is 4.38. The summed E-state index contributed by atoms with van der Waals surface area (Å²) in [5.74, 6) is 1.66. The van der Waals surface area contributed by atoms with E-state index in [1.54, 1.807) is 10.9 Å². The predicted molar refractivity (Wildman–Crippen MR) is 79.1 cm³/mol. The van der Waals surface area contributed by atoms with Gasteiger partial charge in [-0.1, -0.05) is 19.8 Å². The highest BCUT2D eigenvalue weighted by atomic mass is 15.4. The van der Waals surface area contributed by atoms with Gasteiger partial charge in [0.1, 0.15) is 0 Å². The molecule has 2 N–H and O–H groups in total. The molecule has 2 heterocycles. The van der Waals surface area contributed by atoms with Gasteiger partial charge in [-0.2, -0.15) is 20.1 Å². The van der Waals surface area contributed by atoms with Crippen LogP contribution in [0, 0.1) is 0 Å². The number of nitrogens with zero attached hydrogens (tertiary/aromatic N) is 5. The van der Waals surface area contributed by atoms with E-state index >= 15 is 0 Å². The Morgan fingerprint density at radius 3 is 2.50 bits per heavy atom. The van der Waals surface area contributed by atoms with E-state index in [1.165, 1.54) is 12.8 Å². The van der Waals surface area contributed by atoms with Gasteiger partial charge in [-0.3, -0.25) is 0 Å². The van der Waals surface area contributed by atoms with Gasteiger partial charge in [-0.05, 0) is 19.4 Å². The average molecular weight is 275 g/mol. The second-order valence-electron chi connectivity index (χ2n) is 4.40. The average Bonchev–Trinajstić information content (AvgIpc) is 2.98. The van der Waals surface area contributed by atoms with Crippen LogP contribution in [0.3, 0.4) is 0 Å². The van der Waals surface area contributed by atoms with E-state index in [2.05, 4.69) is 37.6 Å². The van der Waals surface area contributed by atoms with Gasteiger partial charge in [0.25, 0.3) is 5.95 Å². The number of hydrogen-bond acceptors (Lipinski definition) is 6. The Bertz CT molecular complexity index is 509. The SMILES string of the molecule is CCCCCNc1nc(NCC)nc(-n2cccn2)n1. The summed E-state index contributed by atoms with van der Waals surface area (Å²) in [6.45, 7) is 5.81. The third-order valence-corrected chi connectivity index (χ3v) is 2.73. The van der Waals surface area contributed by atoms with Crippen molar-refractivity contribution < 1.29 is 0 Å². The number of anilines is 2. The van der Waals surface area contributed by atoms with Crippen molar-refractivity contribution in [3.63, 3.8) is 0 Å². The smallest absolute Gasteiger partial charge is 0.257 e. The Labute approximate surface area is 118 Å².